The molecule has 0 saturated heterocycles. The van der Waals surface area contributed by atoms with E-state index in [0.29, 0.717) is 24.5 Å². The van der Waals surface area contributed by atoms with E-state index < -0.39 is 0 Å². The van der Waals surface area contributed by atoms with E-state index in [4.69, 9.17) is 4.42 Å². The molecule has 0 bridgehead atoms. The number of aryl methyl sites for hydroxylation is 3. The first-order valence-electron chi connectivity index (χ1n) is 11.2. The molecule has 6 heteroatoms. The molecule has 0 spiro atoms. The fraction of sp³-hybridized carbons (Fsp3) is 0.333. The number of carbonyl (C=O) groups is 2. The lowest BCUT2D eigenvalue weighted by Gasteiger charge is -2.30. The minimum atomic E-state index is -0.296. The number of amides is 3. The molecule has 0 saturated carbocycles. The minimum Gasteiger partial charge on any atom is -0.464 e. The molecule has 0 unspecified atom stereocenters. The molecule has 6 nitrogen and oxygen atoms in total. The van der Waals surface area contributed by atoms with Crippen LogP contribution in [0, 0.1) is 20.8 Å². The molecule has 3 amide bonds. The number of carbonyl (C=O) groups excluding carboxylic acids is 2. The summed E-state index contributed by atoms with van der Waals surface area (Å²) in [4.78, 5) is 29.7. The molecule has 0 atom stereocenters. The highest BCUT2D eigenvalue weighted by Gasteiger charge is 2.24. The highest BCUT2D eigenvalue weighted by molar-refractivity contribution is 5.92. The van der Waals surface area contributed by atoms with Gasteiger partial charge < -0.3 is 19.5 Å². The van der Waals surface area contributed by atoms with Crippen molar-refractivity contribution in [1.82, 2.24) is 9.80 Å². The van der Waals surface area contributed by atoms with Crippen LogP contribution in [0.1, 0.15) is 42.1 Å². The Kier molecular flexibility index (Phi) is 7.93. The van der Waals surface area contributed by atoms with Crippen LogP contribution in [0.25, 0.3) is 0 Å². The predicted octanol–water partition coefficient (Wildman–Crippen LogP) is 5.68. The van der Waals surface area contributed by atoms with E-state index in [9.17, 15) is 9.59 Å². The Hall–Kier alpha value is -3.54. The second-order valence-corrected chi connectivity index (χ2v) is 8.70. The first-order valence-corrected chi connectivity index (χ1v) is 11.2. The summed E-state index contributed by atoms with van der Waals surface area (Å²) in [6, 6.07) is 18.9. The molecule has 2 aromatic carbocycles. The van der Waals surface area contributed by atoms with Crippen LogP contribution in [-0.4, -0.2) is 34.3 Å². The molecule has 0 fully saturated rings. The fourth-order valence-electron chi connectivity index (χ4n) is 3.54. The summed E-state index contributed by atoms with van der Waals surface area (Å²) < 4.78 is 5.71. The zero-order valence-electron chi connectivity index (χ0n) is 20.1. The van der Waals surface area contributed by atoms with Crippen LogP contribution >= 0.6 is 0 Å². The first-order chi connectivity index (χ1) is 15.7. The second-order valence-electron chi connectivity index (χ2n) is 8.70. The standard InChI is InChI=1S/C27H33N3O3/c1-19(2)30(27(32)28-24-13-11-20(3)21(4)15-24)18-26(31)29(16-23-9-7-6-8-10-23)17-25-14-12-22(5)33-25/h6-15,19H,16-18H2,1-5H3,(H,28,32). The molecule has 3 rings (SSSR count). The van der Waals surface area contributed by atoms with Gasteiger partial charge in [-0.15, -0.1) is 0 Å². The summed E-state index contributed by atoms with van der Waals surface area (Å²) in [6.07, 6.45) is 0. The van der Waals surface area contributed by atoms with E-state index in [1.165, 1.54) is 0 Å². The number of rotatable bonds is 8. The minimum absolute atomic E-state index is 0.0269. The van der Waals surface area contributed by atoms with Crippen molar-refractivity contribution in [3.05, 3.63) is 88.9 Å². The van der Waals surface area contributed by atoms with E-state index in [-0.39, 0.29) is 24.5 Å². The molecule has 1 heterocycles. The summed E-state index contributed by atoms with van der Waals surface area (Å²) in [6.45, 7) is 10.5. The van der Waals surface area contributed by atoms with Gasteiger partial charge in [0.15, 0.2) is 0 Å². The lowest BCUT2D eigenvalue weighted by atomic mass is 10.1. The van der Waals surface area contributed by atoms with Crippen LogP contribution in [0.4, 0.5) is 10.5 Å². The largest absolute Gasteiger partial charge is 0.464 e. The van der Waals surface area contributed by atoms with Gasteiger partial charge in [0.2, 0.25) is 5.91 Å². The predicted molar refractivity (Wildman–Crippen MR) is 131 cm³/mol. The number of urea groups is 1. The van der Waals surface area contributed by atoms with Gasteiger partial charge in [-0.2, -0.15) is 0 Å². The Morgan fingerprint density at radius 1 is 0.909 bits per heavy atom. The van der Waals surface area contributed by atoms with E-state index in [2.05, 4.69) is 5.32 Å². The van der Waals surface area contributed by atoms with Crippen molar-refractivity contribution in [2.45, 2.75) is 53.8 Å². The van der Waals surface area contributed by atoms with E-state index in [1.54, 1.807) is 9.80 Å². The molecule has 0 aliphatic rings. The molecule has 0 aliphatic heterocycles. The number of hydrogen-bond donors (Lipinski definition) is 1. The third-order valence-electron chi connectivity index (χ3n) is 5.66. The van der Waals surface area contributed by atoms with Crippen LogP contribution in [0.2, 0.25) is 0 Å². The van der Waals surface area contributed by atoms with Gasteiger partial charge in [0.05, 0.1) is 6.54 Å². The van der Waals surface area contributed by atoms with Gasteiger partial charge in [0.25, 0.3) is 0 Å². The van der Waals surface area contributed by atoms with Gasteiger partial charge in [-0.05, 0) is 75.6 Å². The highest BCUT2D eigenvalue weighted by atomic mass is 16.3. The quantitative estimate of drug-likeness (QED) is 0.483. The number of benzene rings is 2. The maximum absolute atomic E-state index is 13.4. The summed E-state index contributed by atoms with van der Waals surface area (Å²) in [5.74, 6) is 1.37. The lowest BCUT2D eigenvalue weighted by Crippen LogP contribution is -2.47. The summed E-state index contributed by atoms with van der Waals surface area (Å²) >= 11 is 0. The first kappa shape index (κ1) is 24.1. The van der Waals surface area contributed by atoms with Gasteiger partial charge >= 0.3 is 6.03 Å². The van der Waals surface area contributed by atoms with Gasteiger partial charge in [-0.25, -0.2) is 4.79 Å². The summed E-state index contributed by atoms with van der Waals surface area (Å²) in [7, 11) is 0. The molecular weight excluding hydrogens is 414 g/mol. The van der Waals surface area contributed by atoms with Crippen molar-refractivity contribution in [1.29, 1.82) is 0 Å². The third-order valence-corrected chi connectivity index (χ3v) is 5.66. The summed E-state index contributed by atoms with van der Waals surface area (Å²) in [5.41, 5.74) is 3.99. The van der Waals surface area contributed by atoms with E-state index in [1.807, 2.05) is 95.3 Å². The van der Waals surface area contributed by atoms with Gasteiger partial charge in [-0.3, -0.25) is 4.79 Å². The van der Waals surface area contributed by atoms with E-state index >= 15 is 0 Å². The van der Waals surface area contributed by atoms with Gasteiger partial charge in [0.1, 0.15) is 18.1 Å². The van der Waals surface area contributed by atoms with Crippen molar-refractivity contribution in [3.8, 4) is 0 Å². The van der Waals surface area contributed by atoms with Crippen molar-refractivity contribution in [2.75, 3.05) is 11.9 Å². The van der Waals surface area contributed by atoms with E-state index in [0.717, 1.165) is 22.5 Å². The zero-order chi connectivity index (χ0) is 24.0. The Morgan fingerprint density at radius 2 is 1.64 bits per heavy atom. The van der Waals surface area contributed by atoms with Crippen molar-refractivity contribution in [2.24, 2.45) is 0 Å². The molecule has 1 aromatic heterocycles. The maximum Gasteiger partial charge on any atom is 0.322 e. The van der Waals surface area contributed by atoms with Crippen LogP contribution < -0.4 is 5.32 Å². The Bertz CT molecular complexity index is 1090. The summed E-state index contributed by atoms with van der Waals surface area (Å²) in [5, 5.41) is 2.94. The molecule has 33 heavy (non-hydrogen) atoms. The SMILES string of the molecule is Cc1ccc(CN(Cc2ccccc2)C(=O)CN(C(=O)Nc2ccc(C)c(C)c2)C(C)C)o1. The smallest absolute Gasteiger partial charge is 0.322 e. The Balaban J connectivity index is 1.75. The number of anilines is 1. The fourth-order valence-corrected chi connectivity index (χ4v) is 3.54. The van der Waals surface area contributed by atoms with Gasteiger partial charge in [-0.1, -0.05) is 36.4 Å². The van der Waals surface area contributed by atoms with Crippen molar-refractivity contribution < 1.29 is 14.0 Å². The monoisotopic (exact) mass is 447 g/mol. The third kappa shape index (κ3) is 6.72. The molecule has 1 N–H and O–H groups in total. The number of nitrogens with zero attached hydrogens (tertiary/aromatic N) is 2. The molecule has 3 aromatic rings. The molecule has 174 valence electrons. The highest BCUT2D eigenvalue weighted by Crippen LogP contribution is 2.17. The van der Waals surface area contributed by atoms with Gasteiger partial charge in [0, 0.05) is 18.3 Å². The van der Waals surface area contributed by atoms with Crippen LogP contribution in [0.15, 0.2) is 65.1 Å². The zero-order valence-corrected chi connectivity index (χ0v) is 20.1. The lowest BCUT2D eigenvalue weighted by molar-refractivity contribution is -0.133. The van der Waals surface area contributed by atoms with Crippen molar-refractivity contribution in [3.63, 3.8) is 0 Å². The second kappa shape index (κ2) is 10.9. The number of hydrogen-bond acceptors (Lipinski definition) is 3. The number of nitrogens with one attached hydrogen (secondary N) is 1. The van der Waals surface area contributed by atoms with Crippen molar-refractivity contribution >= 4 is 17.6 Å². The number of furan rings is 1. The van der Waals surface area contributed by atoms with Crippen LogP contribution in [-0.2, 0) is 17.9 Å². The van der Waals surface area contributed by atoms with Crippen LogP contribution in [0.3, 0.4) is 0 Å². The molecule has 0 aliphatic carbocycles. The topological polar surface area (TPSA) is 65.8 Å². The average Bonchev–Trinajstić information content (AvgIpc) is 3.19. The maximum atomic E-state index is 13.4. The molecular formula is C27H33N3O3. The van der Waals surface area contributed by atoms with Crippen LogP contribution in [0.5, 0.6) is 0 Å². The normalized spacial score (nSPS) is 10.8. The Morgan fingerprint density at radius 3 is 2.24 bits per heavy atom. The Labute approximate surface area is 196 Å². The molecule has 0 radical (unpaired) electrons. The average molecular weight is 448 g/mol.